The molecule has 0 saturated heterocycles. The Labute approximate surface area is 188 Å². The molecular weight excluding hydrogens is 392 g/mol. The number of aromatic hydroxyl groups is 1. The van der Waals surface area contributed by atoms with Crippen LogP contribution in [0.4, 0.5) is 11.4 Å². The third-order valence-electron chi connectivity index (χ3n) is 4.96. The number of aliphatic imine (C=N–C) groups is 2. The van der Waals surface area contributed by atoms with Crippen molar-refractivity contribution in [1.29, 1.82) is 0 Å². The lowest BCUT2D eigenvalue weighted by Crippen LogP contribution is -2.04. The predicted octanol–water partition coefficient (Wildman–Crippen LogP) is 7.29. The number of aryl methyl sites for hydroxylation is 1. The van der Waals surface area contributed by atoms with E-state index < -0.39 is 0 Å². The molecular formula is C29H24N2O. The van der Waals surface area contributed by atoms with Crippen molar-refractivity contribution in [2.24, 2.45) is 9.98 Å². The van der Waals surface area contributed by atoms with Gasteiger partial charge in [-0.25, -0.2) is 4.99 Å². The fraction of sp³-hybridized carbons (Fsp3) is 0.0345. The first-order valence-corrected chi connectivity index (χ1v) is 10.5. The zero-order valence-corrected chi connectivity index (χ0v) is 17.9. The molecule has 4 rings (SSSR count). The molecule has 0 saturated carbocycles. The van der Waals surface area contributed by atoms with Gasteiger partial charge in [-0.15, -0.1) is 0 Å². The topological polar surface area (TPSA) is 45.0 Å². The van der Waals surface area contributed by atoms with Crippen LogP contribution >= 0.6 is 0 Å². The normalized spacial score (nSPS) is 12.0. The lowest BCUT2D eigenvalue weighted by atomic mass is 9.99. The third kappa shape index (κ3) is 5.27. The van der Waals surface area contributed by atoms with Crippen molar-refractivity contribution in [2.75, 3.05) is 0 Å². The SMILES string of the molecule is Cc1ccc(O)c(C(=Nc2ccccc2N=C/C=C/c2ccccc2)c2ccccc2)c1. The van der Waals surface area contributed by atoms with Crippen molar-refractivity contribution in [1.82, 2.24) is 0 Å². The Bertz CT molecular complexity index is 1270. The molecule has 3 heteroatoms. The number of rotatable bonds is 6. The highest BCUT2D eigenvalue weighted by Crippen LogP contribution is 2.31. The fourth-order valence-electron chi connectivity index (χ4n) is 3.35. The first-order chi connectivity index (χ1) is 15.7. The van der Waals surface area contributed by atoms with Crippen LogP contribution in [-0.2, 0) is 0 Å². The van der Waals surface area contributed by atoms with Gasteiger partial charge < -0.3 is 5.11 Å². The summed E-state index contributed by atoms with van der Waals surface area (Å²) in [4.78, 5) is 9.58. The van der Waals surface area contributed by atoms with Crippen LogP contribution < -0.4 is 0 Å². The maximum atomic E-state index is 10.6. The molecule has 0 radical (unpaired) electrons. The van der Waals surface area contributed by atoms with E-state index in [4.69, 9.17) is 4.99 Å². The number of phenols is 1. The van der Waals surface area contributed by atoms with Gasteiger partial charge in [0, 0.05) is 17.3 Å². The highest BCUT2D eigenvalue weighted by atomic mass is 16.3. The van der Waals surface area contributed by atoms with Gasteiger partial charge in [-0.1, -0.05) is 90.5 Å². The third-order valence-corrected chi connectivity index (χ3v) is 4.96. The Morgan fingerprint density at radius 2 is 1.41 bits per heavy atom. The van der Waals surface area contributed by atoms with Gasteiger partial charge in [-0.05, 0) is 42.8 Å². The van der Waals surface area contributed by atoms with Crippen LogP contribution in [0.25, 0.3) is 6.08 Å². The Kier molecular flexibility index (Phi) is 6.69. The summed E-state index contributed by atoms with van der Waals surface area (Å²) in [6, 6.07) is 33.3. The van der Waals surface area contributed by atoms with Gasteiger partial charge in [0.25, 0.3) is 0 Å². The zero-order chi connectivity index (χ0) is 22.2. The number of nitrogens with zero attached hydrogens (tertiary/aromatic N) is 2. The molecule has 0 amide bonds. The highest BCUT2D eigenvalue weighted by Gasteiger charge is 2.13. The average Bonchev–Trinajstić information content (AvgIpc) is 2.84. The molecule has 4 aromatic rings. The van der Waals surface area contributed by atoms with Crippen molar-refractivity contribution < 1.29 is 5.11 Å². The number of hydrogen-bond acceptors (Lipinski definition) is 3. The summed E-state index contributed by atoms with van der Waals surface area (Å²) in [5.74, 6) is 0.199. The summed E-state index contributed by atoms with van der Waals surface area (Å²) in [6.45, 7) is 2.00. The summed E-state index contributed by atoms with van der Waals surface area (Å²) in [5.41, 5.74) is 5.98. The van der Waals surface area contributed by atoms with E-state index in [1.165, 1.54) is 0 Å². The van der Waals surface area contributed by atoms with Crippen LogP contribution in [0.1, 0.15) is 22.3 Å². The molecule has 0 aliphatic carbocycles. The molecule has 0 bridgehead atoms. The Morgan fingerprint density at radius 1 is 0.750 bits per heavy atom. The molecule has 0 atom stereocenters. The average molecular weight is 417 g/mol. The molecule has 156 valence electrons. The fourth-order valence-corrected chi connectivity index (χ4v) is 3.35. The van der Waals surface area contributed by atoms with E-state index in [-0.39, 0.29) is 5.75 Å². The first kappa shape index (κ1) is 21.0. The quantitative estimate of drug-likeness (QED) is 0.330. The van der Waals surface area contributed by atoms with Crippen LogP contribution in [0.5, 0.6) is 5.75 Å². The lowest BCUT2D eigenvalue weighted by molar-refractivity contribution is 0.474. The van der Waals surface area contributed by atoms with Gasteiger partial charge in [0.1, 0.15) is 5.75 Å². The molecule has 0 unspecified atom stereocenters. The van der Waals surface area contributed by atoms with E-state index in [0.717, 1.165) is 28.1 Å². The van der Waals surface area contributed by atoms with Gasteiger partial charge in [-0.2, -0.15) is 0 Å². The van der Waals surface area contributed by atoms with E-state index in [2.05, 4.69) is 4.99 Å². The van der Waals surface area contributed by atoms with E-state index in [1.54, 1.807) is 12.3 Å². The molecule has 0 heterocycles. The van der Waals surface area contributed by atoms with Crippen molar-refractivity contribution in [3.63, 3.8) is 0 Å². The number of para-hydroxylation sites is 2. The Morgan fingerprint density at radius 3 is 2.16 bits per heavy atom. The zero-order valence-electron chi connectivity index (χ0n) is 17.9. The van der Waals surface area contributed by atoms with Crippen LogP contribution in [0.15, 0.2) is 119 Å². The highest BCUT2D eigenvalue weighted by molar-refractivity contribution is 6.15. The largest absolute Gasteiger partial charge is 0.507 e. The summed E-state index contributed by atoms with van der Waals surface area (Å²) in [7, 11) is 0. The van der Waals surface area contributed by atoms with Crippen LogP contribution in [-0.4, -0.2) is 17.0 Å². The maximum Gasteiger partial charge on any atom is 0.125 e. The lowest BCUT2D eigenvalue weighted by Gasteiger charge is -2.11. The Hall–Kier alpha value is -4.24. The van der Waals surface area contributed by atoms with Crippen molar-refractivity contribution in [2.45, 2.75) is 6.92 Å². The molecule has 0 fully saturated rings. The van der Waals surface area contributed by atoms with Crippen molar-refractivity contribution >= 4 is 29.4 Å². The van der Waals surface area contributed by atoms with Gasteiger partial charge in [0.15, 0.2) is 0 Å². The standard InChI is InChI=1S/C29H24N2O/c1-22-18-19-28(32)25(21-22)29(24-14-6-3-7-15-24)31-27-17-9-8-16-26(27)30-20-10-13-23-11-4-2-5-12-23/h2-21,32H,1H3/b13-10+,30-20?,31-29?. The molecule has 0 aromatic heterocycles. The molecule has 32 heavy (non-hydrogen) atoms. The van der Waals surface area contributed by atoms with Gasteiger partial charge in [0.2, 0.25) is 0 Å². The monoisotopic (exact) mass is 416 g/mol. The first-order valence-electron chi connectivity index (χ1n) is 10.5. The molecule has 0 aliphatic rings. The van der Waals surface area contributed by atoms with E-state index >= 15 is 0 Å². The van der Waals surface area contributed by atoms with Crippen LogP contribution in [0.2, 0.25) is 0 Å². The summed E-state index contributed by atoms with van der Waals surface area (Å²) >= 11 is 0. The summed E-state index contributed by atoms with van der Waals surface area (Å²) in [5, 5.41) is 10.6. The van der Waals surface area contributed by atoms with Crippen LogP contribution in [0, 0.1) is 6.92 Å². The minimum atomic E-state index is 0.199. The molecule has 0 spiro atoms. The van der Waals surface area contributed by atoms with E-state index in [1.807, 2.05) is 116 Å². The van der Waals surface area contributed by atoms with Crippen molar-refractivity contribution in [3.8, 4) is 5.75 Å². The second kappa shape index (κ2) is 10.2. The van der Waals surface area contributed by atoms with Crippen molar-refractivity contribution in [3.05, 3.63) is 131 Å². The van der Waals surface area contributed by atoms with E-state index in [9.17, 15) is 5.11 Å². The molecule has 3 nitrogen and oxygen atoms in total. The number of hydrogen-bond donors (Lipinski definition) is 1. The van der Waals surface area contributed by atoms with Gasteiger partial charge in [-0.3, -0.25) is 4.99 Å². The predicted molar refractivity (Wildman–Crippen MR) is 135 cm³/mol. The minimum absolute atomic E-state index is 0.199. The minimum Gasteiger partial charge on any atom is -0.507 e. The molecule has 0 aliphatic heterocycles. The summed E-state index contributed by atoms with van der Waals surface area (Å²) < 4.78 is 0. The van der Waals surface area contributed by atoms with E-state index in [0.29, 0.717) is 11.3 Å². The van der Waals surface area contributed by atoms with Gasteiger partial charge in [0.05, 0.1) is 17.1 Å². The second-order valence-corrected chi connectivity index (χ2v) is 7.38. The van der Waals surface area contributed by atoms with Gasteiger partial charge >= 0.3 is 0 Å². The number of benzene rings is 4. The Balaban J connectivity index is 1.74. The second-order valence-electron chi connectivity index (χ2n) is 7.38. The number of allylic oxidation sites excluding steroid dienone is 1. The summed E-state index contributed by atoms with van der Waals surface area (Å²) in [6.07, 6.45) is 5.70. The van der Waals surface area contributed by atoms with Crippen LogP contribution in [0.3, 0.4) is 0 Å². The maximum absolute atomic E-state index is 10.6. The smallest absolute Gasteiger partial charge is 0.125 e. The number of phenolic OH excluding ortho intramolecular Hbond substituents is 1. The molecule has 4 aromatic carbocycles. The molecule has 1 N–H and O–H groups in total.